The van der Waals surface area contributed by atoms with Gasteiger partial charge in [0.2, 0.25) is 5.91 Å². The highest BCUT2D eigenvalue weighted by Gasteiger charge is 2.46. The minimum atomic E-state index is -3.40. The first-order valence-corrected chi connectivity index (χ1v) is 9.81. The second-order valence-electron chi connectivity index (χ2n) is 7.52. The van der Waals surface area contributed by atoms with Gasteiger partial charge < -0.3 is 20.1 Å². The highest BCUT2D eigenvalue weighted by atomic mass is 19.3. The molecule has 0 radical (unpaired) electrons. The predicted octanol–water partition coefficient (Wildman–Crippen LogP) is 3.51. The molecular weight excluding hydrogens is 439 g/mol. The van der Waals surface area contributed by atoms with Crippen LogP contribution in [0.1, 0.15) is 37.7 Å². The van der Waals surface area contributed by atoms with Crippen molar-refractivity contribution < 1.29 is 41.4 Å². The number of hydrogen-bond donors (Lipinski definition) is 2. The molecule has 0 aliphatic carbocycles. The summed E-state index contributed by atoms with van der Waals surface area (Å²) in [5.74, 6) is -7.43. The van der Waals surface area contributed by atoms with Gasteiger partial charge in [-0.3, -0.25) is 4.79 Å². The van der Waals surface area contributed by atoms with Crippen LogP contribution in [0.2, 0.25) is 0 Å². The molecular formula is C21H23F5N2O4. The van der Waals surface area contributed by atoms with Crippen molar-refractivity contribution >= 4 is 12.0 Å². The van der Waals surface area contributed by atoms with Gasteiger partial charge in [-0.15, -0.1) is 6.42 Å². The number of hydrogen-bond acceptors (Lipinski definition) is 3. The van der Waals surface area contributed by atoms with Gasteiger partial charge in [-0.2, -0.15) is 0 Å². The third-order valence-corrected chi connectivity index (χ3v) is 5.31. The van der Waals surface area contributed by atoms with Gasteiger partial charge in [0.25, 0.3) is 5.92 Å². The molecule has 1 saturated heterocycles. The van der Waals surface area contributed by atoms with E-state index in [1.807, 2.05) is 5.32 Å². The number of amides is 2. The van der Waals surface area contributed by atoms with Crippen molar-refractivity contribution in [2.45, 2.75) is 50.1 Å². The predicted molar refractivity (Wildman–Crippen MR) is 104 cm³/mol. The summed E-state index contributed by atoms with van der Waals surface area (Å²) < 4.78 is 76.6. The fourth-order valence-corrected chi connectivity index (χ4v) is 3.80. The fourth-order valence-electron chi connectivity index (χ4n) is 3.80. The first-order valence-electron chi connectivity index (χ1n) is 9.81. The maximum atomic E-state index is 14.6. The van der Waals surface area contributed by atoms with Crippen molar-refractivity contribution in [1.82, 2.24) is 10.2 Å². The molecule has 11 heteroatoms. The van der Waals surface area contributed by atoms with Gasteiger partial charge in [-0.25, -0.2) is 26.7 Å². The van der Waals surface area contributed by atoms with E-state index in [0.29, 0.717) is 17.0 Å². The van der Waals surface area contributed by atoms with E-state index in [1.54, 1.807) is 0 Å². The number of halogens is 5. The van der Waals surface area contributed by atoms with Crippen LogP contribution in [0.4, 0.5) is 26.7 Å². The number of benzene rings is 1. The van der Waals surface area contributed by atoms with Crippen LogP contribution in [0.25, 0.3) is 0 Å². The van der Waals surface area contributed by atoms with Gasteiger partial charge in [0.15, 0.2) is 11.6 Å². The van der Waals surface area contributed by atoms with Crippen molar-refractivity contribution in [3.63, 3.8) is 0 Å². The first-order chi connectivity index (χ1) is 15.0. The summed E-state index contributed by atoms with van der Waals surface area (Å²) >= 11 is 0. The van der Waals surface area contributed by atoms with Crippen LogP contribution in [0.15, 0.2) is 12.1 Å². The van der Waals surface area contributed by atoms with Gasteiger partial charge in [0.1, 0.15) is 18.5 Å². The zero-order chi connectivity index (χ0) is 24.1. The molecule has 0 aromatic heterocycles. The average Bonchev–Trinajstić information content (AvgIpc) is 2.71. The summed E-state index contributed by atoms with van der Waals surface area (Å²) in [4.78, 5) is 24.5. The lowest BCUT2D eigenvalue weighted by atomic mass is 9.81. The third-order valence-electron chi connectivity index (χ3n) is 5.31. The highest BCUT2D eigenvalue weighted by Crippen LogP contribution is 2.38. The molecule has 1 aromatic rings. The minimum absolute atomic E-state index is 0.0329. The van der Waals surface area contributed by atoms with Crippen molar-refractivity contribution in [1.29, 1.82) is 0 Å². The lowest BCUT2D eigenvalue weighted by Crippen LogP contribution is -2.60. The summed E-state index contributed by atoms with van der Waals surface area (Å²) in [7, 11) is 0. The molecule has 32 heavy (non-hydrogen) atoms. The zero-order valence-electron chi connectivity index (χ0n) is 17.2. The lowest BCUT2D eigenvalue weighted by molar-refractivity contribution is -0.147. The zero-order valence-corrected chi connectivity index (χ0v) is 17.2. The smallest absolute Gasteiger partial charge is 0.405 e. The molecule has 3 atom stereocenters. The number of carbonyl (C=O) groups excluding carboxylic acids is 1. The monoisotopic (exact) mass is 462 g/mol. The molecule has 6 nitrogen and oxygen atoms in total. The highest BCUT2D eigenvalue weighted by molar-refractivity contribution is 5.86. The fraction of sp³-hybridized carbons (Fsp3) is 0.524. The molecule has 1 heterocycles. The summed E-state index contributed by atoms with van der Waals surface area (Å²) in [6.07, 6.45) is 2.22. The van der Waals surface area contributed by atoms with Crippen LogP contribution < -0.4 is 5.32 Å². The molecule has 0 bridgehead atoms. The quantitative estimate of drug-likeness (QED) is 0.255. The number of alkyl halides is 2. The Morgan fingerprint density at radius 3 is 2.62 bits per heavy atom. The SMILES string of the molecule is C#CCOCCCC(F)(F)CN1C(=O)C(NC(=O)O)CC(c2c(F)ccc(F)c2F)C1C. The molecule has 1 aliphatic heterocycles. The number of nitrogens with zero attached hydrogens (tertiary/aromatic N) is 1. The van der Waals surface area contributed by atoms with Crippen molar-refractivity contribution in [2.75, 3.05) is 19.8 Å². The Morgan fingerprint density at radius 1 is 1.34 bits per heavy atom. The second kappa shape index (κ2) is 10.6. The van der Waals surface area contributed by atoms with E-state index in [9.17, 15) is 31.5 Å². The number of likely N-dealkylation sites (tertiary alicyclic amines) is 1. The molecule has 2 N–H and O–H groups in total. The van der Waals surface area contributed by atoms with Crippen LogP contribution in [0.5, 0.6) is 0 Å². The summed E-state index contributed by atoms with van der Waals surface area (Å²) in [5.41, 5.74) is -0.724. The molecule has 2 amide bonds. The molecule has 0 spiro atoms. The van der Waals surface area contributed by atoms with E-state index >= 15 is 0 Å². The third kappa shape index (κ3) is 6.09. The van der Waals surface area contributed by atoms with Gasteiger partial charge in [0.05, 0.1) is 6.54 Å². The maximum Gasteiger partial charge on any atom is 0.405 e. The number of piperidine rings is 1. The Morgan fingerprint density at radius 2 is 2.00 bits per heavy atom. The second-order valence-corrected chi connectivity index (χ2v) is 7.52. The summed E-state index contributed by atoms with van der Waals surface area (Å²) in [6, 6.07) is -1.44. The molecule has 0 saturated carbocycles. The molecule has 1 aliphatic rings. The van der Waals surface area contributed by atoms with E-state index in [2.05, 4.69) is 5.92 Å². The van der Waals surface area contributed by atoms with Crippen LogP contribution in [0.3, 0.4) is 0 Å². The van der Waals surface area contributed by atoms with Crippen molar-refractivity contribution in [3.05, 3.63) is 35.1 Å². The number of carboxylic acid groups (broad SMARTS) is 1. The van der Waals surface area contributed by atoms with Crippen molar-refractivity contribution in [3.8, 4) is 12.3 Å². The Kier molecular flexibility index (Phi) is 8.44. The number of rotatable bonds is 9. The average molecular weight is 462 g/mol. The van der Waals surface area contributed by atoms with E-state index < -0.39 is 78.3 Å². The largest absolute Gasteiger partial charge is 0.465 e. The van der Waals surface area contributed by atoms with Gasteiger partial charge >= 0.3 is 6.09 Å². The normalized spacial score (nSPS) is 21.3. The Bertz CT molecular complexity index is 890. The number of terminal acetylenes is 1. The Hall–Kier alpha value is -2.87. The first kappa shape index (κ1) is 25.4. The minimum Gasteiger partial charge on any atom is -0.465 e. The molecule has 3 unspecified atom stereocenters. The summed E-state index contributed by atoms with van der Waals surface area (Å²) in [5, 5.41) is 10.9. The Balaban J connectivity index is 2.30. The molecule has 1 aromatic carbocycles. The van der Waals surface area contributed by atoms with E-state index in [-0.39, 0.29) is 19.6 Å². The van der Waals surface area contributed by atoms with E-state index in [0.717, 1.165) is 0 Å². The summed E-state index contributed by atoms with van der Waals surface area (Å²) in [6.45, 7) is 0.113. The van der Waals surface area contributed by atoms with Gasteiger partial charge in [-0.1, -0.05) is 5.92 Å². The topological polar surface area (TPSA) is 78.9 Å². The number of carbonyl (C=O) groups is 2. The van der Waals surface area contributed by atoms with E-state index in [1.165, 1.54) is 6.92 Å². The lowest BCUT2D eigenvalue weighted by Gasteiger charge is -2.44. The molecule has 1 fully saturated rings. The van der Waals surface area contributed by atoms with E-state index in [4.69, 9.17) is 16.3 Å². The maximum absolute atomic E-state index is 14.6. The number of nitrogens with one attached hydrogen (secondary N) is 1. The van der Waals surface area contributed by atoms with Crippen molar-refractivity contribution in [2.24, 2.45) is 0 Å². The van der Waals surface area contributed by atoms with Gasteiger partial charge in [-0.05, 0) is 31.9 Å². The van der Waals surface area contributed by atoms with Crippen LogP contribution in [0, 0.1) is 29.8 Å². The van der Waals surface area contributed by atoms with Crippen LogP contribution in [-0.2, 0) is 9.53 Å². The standard InChI is InChI=1S/C21H23F5N2O4/c1-3-8-32-9-4-7-21(25,26)11-28-12(2)13(10-16(19(28)29)27-20(30)31)17-14(22)5-6-15(23)18(17)24/h1,5-6,12-13,16,27H,4,7-11H2,2H3,(H,30,31). The Labute approximate surface area is 181 Å². The molecule has 2 rings (SSSR count). The molecule has 176 valence electrons. The van der Waals surface area contributed by atoms with Crippen LogP contribution >= 0.6 is 0 Å². The number of ether oxygens (including phenoxy) is 1. The van der Waals surface area contributed by atoms with Gasteiger partial charge in [0, 0.05) is 30.6 Å². The van der Waals surface area contributed by atoms with Crippen LogP contribution in [-0.4, -0.2) is 59.8 Å².